The molecular formula is C9H13NO3S. The Kier molecular flexibility index (Phi) is 2.94. The second kappa shape index (κ2) is 3.68. The minimum absolute atomic E-state index is 0.0761. The zero-order chi connectivity index (χ0) is 10.9. The molecule has 1 aromatic rings. The zero-order valence-corrected chi connectivity index (χ0v) is 8.93. The maximum atomic E-state index is 11.1. The summed E-state index contributed by atoms with van der Waals surface area (Å²) in [5.74, 6) is 0. The van der Waals surface area contributed by atoms with Crippen LogP contribution in [0.2, 0.25) is 0 Å². The SMILES string of the molecule is Cc1cc(C)c(S(N)(=O)=O)cc1CO. The summed E-state index contributed by atoms with van der Waals surface area (Å²) in [4.78, 5) is 0.0761. The molecule has 78 valence electrons. The summed E-state index contributed by atoms with van der Waals surface area (Å²) in [5, 5.41) is 14.0. The first kappa shape index (κ1) is 11.2. The van der Waals surface area contributed by atoms with E-state index >= 15 is 0 Å². The molecule has 0 bridgehead atoms. The van der Waals surface area contributed by atoms with Crippen molar-refractivity contribution in [2.75, 3.05) is 0 Å². The van der Waals surface area contributed by atoms with Crippen LogP contribution in [0, 0.1) is 13.8 Å². The molecule has 14 heavy (non-hydrogen) atoms. The summed E-state index contributed by atoms with van der Waals surface area (Å²) in [7, 11) is -3.69. The van der Waals surface area contributed by atoms with Gasteiger partial charge in [0.2, 0.25) is 10.0 Å². The molecule has 0 saturated heterocycles. The molecule has 4 nitrogen and oxygen atoms in total. The highest BCUT2D eigenvalue weighted by Crippen LogP contribution is 2.19. The van der Waals surface area contributed by atoms with Gasteiger partial charge < -0.3 is 5.11 Å². The van der Waals surface area contributed by atoms with Gasteiger partial charge in [-0.25, -0.2) is 13.6 Å². The second-order valence-corrected chi connectivity index (χ2v) is 4.78. The highest BCUT2D eigenvalue weighted by atomic mass is 32.2. The third kappa shape index (κ3) is 2.12. The van der Waals surface area contributed by atoms with E-state index in [2.05, 4.69) is 0 Å². The Morgan fingerprint density at radius 1 is 1.29 bits per heavy atom. The van der Waals surface area contributed by atoms with E-state index in [1.807, 2.05) is 6.92 Å². The first-order valence-corrected chi connectivity index (χ1v) is 5.64. The van der Waals surface area contributed by atoms with Crippen LogP contribution >= 0.6 is 0 Å². The standard InChI is InChI=1S/C9H13NO3S/c1-6-3-7(2)9(14(10,12)13)4-8(6)5-11/h3-4,11H,5H2,1-2H3,(H2,10,12,13). The van der Waals surface area contributed by atoms with Gasteiger partial charge in [0, 0.05) is 0 Å². The van der Waals surface area contributed by atoms with E-state index in [1.54, 1.807) is 13.0 Å². The molecule has 1 aromatic carbocycles. The van der Waals surface area contributed by atoms with E-state index in [1.165, 1.54) is 6.07 Å². The van der Waals surface area contributed by atoms with Gasteiger partial charge in [0.15, 0.2) is 0 Å². The number of aryl methyl sites for hydroxylation is 2. The van der Waals surface area contributed by atoms with Crippen molar-refractivity contribution in [3.05, 3.63) is 28.8 Å². The number of hydrogen-bond donors (Lipinski definition) is 2. The van der Waals surface area contributed by atoms with Crippen molar-refractivity contribution in [3.8, 4) is 0 Å². The molecule has 0 saturated carbocycles. The van der Waals surface area contributed by atoms with Crippen molar-refractivity contribution >= 4 is 10.0 Å². The van der Waals surface area contributed by atoms with E-state index in [0.29, 0.717) is 11.1 Å². The van der Waals surface area contributed by atoms with Gasteiger partial charge in [0.25, 0.3) is 0 Å². The average molecular weight is 215 g/mol. The third-order valence-corrected chi connectivity index (χ3v) is 3.16. The fourth-order valence-corrected chi connectivity index (χ4v) is 2.17. The van der Waals surface area contributed by atoms with E-state index < -0.39 is 10.0 Å². The molecule has 0 atom stereocenters. The van der Waals surface area contributed by atoms with Crippen LogP contribution < -0.4 is 5.14 Å². The summed E-state index contributed by atoms with van der Waals surface area (Å²) in [5.41, 5.74) is 2.04. The minimum atomic E-state index is -3.69. The fraction of sp³-hybridized carbons (Fsp3) is 0.333. The summed E-state index contributed by atoms with van der Waals surface area (Å²) >= 11 is 0. The van der Waals surface area contributed by atoms with Crippen LogP contribution in [-0.2, 0) is 16.6 Å². The van der Waals surface area contributed by atoms with E-state index in [-0.39, 0.29) is 11.5 Å². The predicted octanol–water partition coefficient (Wildman–Crippen LogP) is 0.443. The Bertz CT molecular complexity index is 451. The lowest BCUT2D eigenvalue weighted by atomic mass is 10.1. The Hall–Kier alpha value is -0.910. The largest absolute Gasteiger partial charge is 0.392 e. The molecule has 0 aromatic heterocycles. The average Bonchev–Trinajstić information content (AvgIpc) is 2.02. The second-order valence-electron chi connectivity index (χ2n) is 3.25. The van der Waals surface area contributed by atoms with Crippen LogP contribution in [0.4, 0.5) is 0 Å². The summed E-state index contributed by atoms with van der Waals surface area (Å²) < 4.78 is 22.3. The molecule has 0 aliphatic carbocycles. The number of rotatable bonds is 2. The van der Waals surface area contributed by atoms with Crippen LogP contribution in [-0.4, -0.2) is 13.5 Å². The van der Waals surface area contributed by atoms with Crippen molar-refractivity contribution in [2.24, 2.45) is 5.14 Å². The van der Waals surface area contributed by atoms with E-state index in [4.69, 9.17) is 10.2 Å². The fourth-order valence-electron chi connectivity index (χ4n) is 1.35. The Balaban J connectivity index is 3.47. The van der Waals surface area contributed by atoms with Crippen molar-refractivity contribution in [3.63, 3.8) is 0 Å². The molecule has 0 amide bonds. The summed E-state index contributed by atoms with van der Waals surface area (Å²) in [6.07, 6.45) is 0. The van der Waals surface area contributed by atoms with Gasteiger partial charge in [-0.05, 0) is 36.6 Å². The lowest BCUT2D eigenvalue weighted by Gasteiger charge is -2.08. The molecule has 0 heterocycles. The van der Waals surface area contributed by atoms with Gasteiger partial charge in [-0.3, -0.25) is 0 Å². The Labute approximate surface area is 83.4 Å². The molecule has 0 fully saturated rings. The number of hydrogen-bond acceptors (Lipinski definition) is 3. The predicted molar refractivity (Wildman–Crippen MR) is 53.2 cm³/mol. The molecule has 5 heteroatoms. The highest BCUT2D eigenvalue weighted by Gasteiger charge is 2.13. The van der Waals surface area contributed by atoms with Gasteiger partial charge in [-0.2, -0.15) is 0 Å². The Morgan fingerprint density at radius 2 is 1.86 bits per heavy atom. The molecular weight excluding hydrogens is 202 g/mol. The van der Waals surface area contributed by atoms with Crippen LogP contribution in [0.15, 0.2) is 17.0 Å². The van der Waals surface area contributed by atoms with E-state index in [9.17, 15) is 8.42 Å². The van der Waals surface area contributed by atoms with Crippen molar-refractivity contribution in [1.29, 1.82) is 0 Å². The number of sulfonamides is 1. The van der Waals surface area contributed by atoms with Crippen LogP contribution in [0.1, 0.15) is 16.7 Å². The maximum Gasteiger partial charge on any atom is 0.238 e. The summed E-state index contributed by atoms with van der Waals surface area (Å²) in [6, 6.07) is 3.12. The maximum absolute atomic E-state index is 11.1. The molecule has 0 aliphatic heterocycles. The monoisotopic (exact) mass is 215 g/mol. The minimum Gasteiger partial charge on any atom is -0.392 e. The van der Waals surface area contributed by atoms with Crippen LogP contribution in [0.3, 0.4) is 0 Å². The lowest BCUT2D eigenvalue weighted by Crippen LogP contribution is -2.14. The normalized spacial score (nSPS) is 11.7. The van der Waals surface area contributed by atoms with Gasteiger partial charge in [-0.15, -0.1) is 0 Å². The van der Waals surface area contributed by atoms with Gasteiger partial charge in [0.05, 0.1) is 11.5 Å². The van der Waals surface area contributed by atoms with Crippen molar-refractivity contribution < 1.29 is 13.5 Å². The molecule has 0 unspecified atom stereocenters. The van der Waals surface area contributed by atoms with Crippen molar-refractivity contribution in [1.82, 2.24) is 0 Å². The number of benzene rings is 1. The quantitative estimate of drug-likeness (QED) is 0.751. The topological polar surface area (TPSA) is 80.4 Å². The molecule has 0 spiro atoms. The lowest BCUT2D eigenvalue weighted by molar-refractivity contribution is 0.280. The van der Waals surface area contributed by atoms with Crippen molar-refractivity contribution in [2.45, 2.75) is 25.3 Å². The zero-order valence-electron chi connectivity index (χ0n) is 8.11. The smallest absolute Gasteiger partial charge is 0.238 e. The number of aliphatic hydroxyl groups excluding tert-OH is 1. The van der Waals surface area contributed by atoms with Gasteiger partial charge >= 0.3 is 0 Å². The molecule has 0 radical (unpaired) electrons. The van der Waals surface area contributed by atoms with Gasteiger partial charge in [-0.1, -0.05) is 6.07 Å². The van der Waals surface area contributed by atoms with Crippen LogP contribution in [0.25, 0.3) is 0 Å². The third-order valence-electron chi connectivity index (χ3n) is 2.11. The van der Waals surface area contributed by atoms with Gasteiger partial charge in [0.1, 0.15) is 0 Å². The highest BCUT2D eigenvalue weighted by molar-refractivity contribution is 7.89. The summed E-state index contributed by atoms with van der Waals surface area (Å²) in [6.45, 7) is 3.30. The van der Waals surface area contributed by atoms with E-state index in [0.717, 1.165) is 5.56 Å². The van der Waals surface area contributed by atoms with Crippen LogP contribution in [0.5, 0.6) is 0 Å². The number of nitrogens with two attached hydrogens (primary N) is 1. The molecule has 1 rings (SSSR count). The molecule has 0 aliphatic rings. The molecule has 3 N–H and O–H groups in total. The number of aliphatic hydroxyl groups is 1. The first-order chi connectivity index (χ1) is 6.36. The Morgan fingerprint density at radius 3 is 2.29 bits per heavy atom. The first-order valence-electron chi connectivity index (χ1n) is 4.10. The number of primary sulfonamides is 1.